The van der Waals surface area contributed by atoms with E-state index >= 15 is 0 Å². The van der Waals surface area contributed by atoms with Gasteiger partial charge in [0, 0.05) is 5.29 Å². The van der Waals surface area contributed by atoms with Gasteiger partial charge in [-0.25, -0.2) is 0 Å². The second-order valence-electron chi connectivity index (χ2n) is 11.8. The van der Waals surface area contributed by atoms with E-state index in [4.69, 9.17) is 5.26 Å². The molecule has 0 aliphatic carbocycles. The molecule has 53 heavy (non-hydrogen) atoms. The lowest BCUT2D eigenvalue weighted by Crippen LogP contribution is -2.32. The lowest BCUT2D eigenvalue weighted by atomic mass is 10.2. The maximum Gasteiger partial charge on any atom is 0.157 e. The number of benzene rings is 6. The van der Waals surface area contributed by atoms with Gasteiger partial charge in [0.15, 0.2) is 11.6 Å². The van der Waals surface area contributed by atoms with Gasteiger partial charge < -0.3 is 0 Å². The number of carbonyl (C=O) groups excluding carboxylic acids is 2. The maximum absolute atomic E-state index is 12.7. The number of Topliss-reactive ketones (excluding diaryl/α,β-unsaturated/α-hetero) is 2. The number of rotatable bonds is 9. The van der Waals surface area contributed by atoms with E-state index in [-0.39, 0.29) is 18.0 Å². The Balaban J connectivity index is 0.000000216. The molecule has 4 nitrogen and oxygen atoms in total. The molecule has 0 spiro atoms. The van der Waals surface area contributed by atoms with Crippen LogP contribution in [0.2, 0.25) is 0 Å². The zero-order chi connectivity index (χ0) is 37.9. The molecule has 0 unspecified atom stereocenters. The van der Waals surface area contributed by atoms with Crippen molar-refractivity contribution < 1.29 is 9.59 Å². The number of alkyl halides is 1. The van der Waals surface area contributed by atoms with Gasteiger partial charge in [-0.15, -0.1) is 0 Å². The van der Waals surface area contributed by atoms with Crippen molar-refractivity contribution in [3.8, 4) is 12.1 Å². The largest absolute Gasteiger partial charge is 0.295 e. The summed E-state index contributed by atoms with van der Waals surface area (Å²) in [5.41, 5.74) is 0. The van der Waals surface area contributed by atoms with Gasteiger partial charge in [-0.05, 0) is 65.2 Å². The first-order valence-electron chi connectivity index (χ1n) is 17.0. The van der Waals surface area contributed by atoms with Gasteiger partial charge in [0.1, 0.15) is 0 Å². The summed E-state index contributed by atoms with van der Waals surface area (Å²) in [6, 6.07) is 65.6. The summed E-state index contributed by atoms with van der Waals surface area (Å²) in [6.45, 7) is -1.25. The molecule has 6 aromatic carbocycles. The molecule has 6 rings (SSSR count). The molecular weight excluding hydrogens is 754 g/mol. The summed E-state index contributed by atoms with van der Waals surface area (Å²) in [5, 5.41) is 25.1. The van der Waals surface area contributed by atoms with Crippen LogP contribution in [-0.4, -0.2) is 28.0 Å². The van der Waals surface area contributed by atoms with Crippen molar-refractivity contribution in [3.05, 3.63) is 182 Å². The van der Waals surface area contributed by atoms with Crippen LogP contribution in [0.5, 0.6) is 0 Å². The van der Waals surface area contributed by atoms with Crippen molar-refractivity contribution in [3.63, 3.8) is 0 Å². The number of ketones is 2. The predicted molar refractivity (Wildman–Crippen MR) is 232 cm³/mol. The molecule has 0 amide bonds. The highest BCUT2D eigenvalue weighted by atomic mass is 79.9. The van der Waals surface area contributed by atoms with E-state index in [1.807, 2.05) is 121 Å². The van der Waals surface area contributed by atoms with Crippen molar-refractivity contribution in [1.29, 1.82) is 10.5 Å². The Morgan fingerprint density at radius 1 is 0.509 bits per heavy atom. The molecule has 7 heteroatoms. The average molecular weight is 796 g/mol. The van der Waals surface area contributed by atoms with Gasteiger partial charge in [-0.3, -0.25) is 9.59 Å². The molecule has 0 fully saturated rings. The molecule has 0 aliphatic rings. The second kappa shape index (κ2) is 20.7. The van der Waals surface area contributed by atoms with Gasteiger partial charge in [-0.1, -0.05) is 198 Å². The summed E-state index contributed by atoms with van der Waals surface area (Å²) in [5.74, 6) is 2.03. The predicted octanol–water partition coefficient (Wildman–Crippen LogP) is 7.93. The van der Waals surface area contributed by atoms with Crippen molar-refractivity contribution in [1.82, 2.24) is 0 Å². The smallest absolute Gasteiger partial charge is 0.157 e. The fourth-order valence-corrected chi connectivity index (χ4v) is 14.6. The van der Waals surface area contributed by atoms with E-state index < -0.39 is 13.8 Å². The zero-order valence-corrected chi connectivity index (χ0v) is 33.2. The third-order valence-corrected chi connectivity index (χ3v) is 17.3. The first-order valence-corrected chi connectivity index (χ1v) is 21.8. The molecule has 0 heterocycles. The summed E-state index contributed by atoms with van der Waals surface area (Å²) < 4.78 is 0. The van der Waals surface area contributed by atoms with Crippen LogP contribution >= 0.6 is 29.7 Å². The quantitative estimate of drug-likeness (QED) is 0.110. The van der Waals surface area contributed by atoms with Crippen molar-refractivity contribution in [2.75, 3.05) is 5.33 Å². The Morgan fingerprint density at radius 2 is 0.774 bits per heavy atom. The van der Waals surface area contributed by atoms with E-state index in [0.29, 0.717) is 10.6 Å². The Hall–Kier alpha value is -5.28. The zero-order valence-electron chi connectivity index (χ0n) is 29.8. The average Bonchev–Trinajstić information content (AvgIpc) is 3.22. The molecule has 6 aromatic rings. The molecule has 0 atom stereocenters. The third kappa shape index (κ3) is 9.78. The van der Waals surface area contributed by atoms with Crippen LogP contribution in [0.25, 0.3) is 0 Å². The van der Waals surface area contributed by atoms with Crippen LogP contribution < -0.4 is 31.8 Å². The second-order valence-corrected chi connectivity index (χ2v) is 19.0. The molecule has 0 bridgehead atoms. The molecule has 0 aliphatic heterocycles. The van der Waals surface area contributed by atoms with E-state index in [2.05, 4.69) is 94.8 Å². The summed E-state index contributed by atoms with van der Waals surface area (Å²) in [6.07, 6.45) is 0.127. The summed E-state index contributed by atoms with van der Waals surface area (Å²) >= 11 is 2.89. The molecular formula is C46H41BrN2O2P2. The topological polar surface area (TPSA) is 81.7 Å². The number of hydrogen-bond donors (Lipinski definition) is 0. The lowest BCUT2D eigenvalue weighted by molar-refractivity contribution is -0.111. The highest BCUT2D eigenvalue weighted by Crippen LogP contribution is 2.47. The van der Waals surface area contributed by atoms with Gasteiger partial charge >= 0.3 is 0 Å². The summed E-state index contributed by atoms with van der Waals surface area (Å²) in [7, 11) is 0. The minimum Gasteiger partial charge on any atom is -0.295 e. The molecule has 0 saturated carbocycles. The van der Waals surface area contributed by atoms with Crippen LogP contribution in [0.1, 0.15) is 20.3 Å². The molecule has 0 radical (unpaired) electrons. The van der Waals surface area contributed by atoms with Gasteiger partial charge in [-0.2, -0.15) is 10.5 Å². The minimum atomic E-state index is -2.39. The Labute approximate surface area is 322 Å². The molecule has 264 valence electrons. The standard InChI is InChI=1S/C23H20NOP.C21H19OP.C2H2BrN/c1-19(25)23(17-18-24)26(20-11-5-2-6-12-20,21-13-7-3-8-14-21)22-15-9-4-10-16-22;1-18(22)17-23(19-11-5-2-6-12-19,20-13-7-3-8-14-20)21-15-9-4-10-16-21;3-1-2-4/h2-16H,17H2,1H3;2-17H,1H3;1H2. The van der Waals surface area contributed by atoms with Crippen LogP contribution in [0.4, 0.5) is 0 Å². The molecule has 0 aromatic heterocycles. The number of carbonyl (C=O) groups is 2. The first-order chi connectivity index (χ1) is 25.9. The van der Waals surface area contributed by atoms with Crippen LogP contribution in [0, 0.1) is 22.7 Å². The normalized spacial score (nSPS) is 10.4. The highest BCUT2D eigenvalue weighted by Gasteiger charge is 2.31. The SMILES string of the molecule is CC(=O)C(CC#N)=P(c1ccccc1)(c1ccccc1)c1ccccc1.CC(=O)C=P(c1ccccc1)(c1ccccc1)c1ccccc1.N#CCBr. The van der Waals surface area contributed by atoms with Gasteiger partial charge in [0.05, 0.1) is 23.9 Å². The van der Waals surface area contributed by atoms with Crippen LogP contribution in [0.3, 0.4) is 0 Å². The lowest BCUT2D eigenvalue weighted by Gasteiger charge is -2.31. The number of nitrogens with zero attached hydrogens (tertiary/aromatic N) is 2. The number of hydrogen-bond acceptors (Lipinski definition) is 4. The fourth-order valence-electron chi connectivity index (χ4n) is 6.36. The molecule has 0 saturated heterocycles. The van der Waals surface area contributed by atoms with Gasteiger partial charge in [0.25, 0.3) is 0 Å². The fraction of sp³-hybridized carbons (Fsp3) is 0.0870. The first kappa shape index (κ1) is 40.5. The van der Waals surface area contributed by atoms with Crippen molar-refractivity contribution >= 4 is 84.2 Å². The van der Waals surface area contributed by atoms with E-state index in [1.54, 1.807) is 13.8 Å². The van der Waals surface area contributed by atoms with E-state index in [9.17, 15) is 14.9 Å². The van der Waals surface area contributed by atoms with Gasteiger partial charge in [0.2, 0.25) is 0 Å². The monoisotopic (exact) mass is 794 g/mol. The molecule has 0 N–H and O–H groups in total. The van der Waals surface area contributed by atoms with E-state index in [0.717, 1.165) is 15.9 Å². The van der Waals surface area contributed by atoms with E-state index in [1.165, 1.54) is 15.9 Å². The van der Waals surface area contributed by atoms with Crippen LogP contribution in [0.15, 0.2) is 182 Å². The number of nitriles is 2. The van der Waals surface area contributed by atoms with Crippen LogP contribution in [-0.2, 0) is 9.59 Å². The minimum absolute atomic E-state index is 0.0172. The van der Waals surface area contributed by atoms with Crippen molar-refractivity contribution in [2.45, 2.75) is 20.3 Å². The highest BCUT2D eigenvalue weighted by molar-refractivity contribution is 9.09. The number of halogens is 1. The maximum atomic E-state index is 12.7. The summed E-state index contributed by atoms with van der Waals surface area (Å²) in [4.78, 5) is 24.9. The van der Waals surface area contributed by atoms with Crippen molar-refractivity contribution in [2.24, 2.45) is 0 Å². The third-order valence-electron chi connectivity index (χ3n) is 8.41. The Bertz CT molecular complexity index is 2060. The Morgan fingerprint density at radius 3 is 0.981 bits per heavy atom. The Kier molecular flexibility index (Phi) is 15.8.